The number of aromatic nitrogens is 3. The van der Waals surface area contributed by atoms with E-state index in [1.165, 1.54) is 11.1 Å². The van der Waals surface area contributed by atoms with Crippen molar-refractivity contribution in [1.29, 1.82) is 0 Å². The maximum Gasteiger partial charge on any atom is 0.306 e. The average molecular weight is 378 g/mol. The molecule has 3 aromatic rings. The minimum atomic E-state index is -0.670. The summed E-state index contributed by atoms with van der Waals surface area (Å²) < 4.78 is 4.12. The molecule has 6 heteroatoms. The van der Waals surface area contributed by atoms with Crippen LogP contribution in [0.3, 0.4) is 0 Å². The fourth-order valence-electron chi connectivity index (χ4n) is 3.90. The first kappa shape index (κ1) is 18.5. The molecule has 1 N–H and O–H groups in total. The lowest BCUT2D eigenvalue weighted by Gasteiger charge is -2.30. The van der Waals surface area contributed by atoms with Crippen molar-refractivity contribution in [1.82, 2.24) is 19.2 Å². The van der Waals surface area contributed by atoms with Gasteiger partial charge in [0.1, 0.15) is 5.82 Å². The Labute approximate surface area is 165 Å². The highest BCUT2D eigenvalue weighted by molar-refractivity contribution is 5.70. The van der Waals surface area contributed by atoms with Crippen LogP contribution >= 0.6 is 0 Å². The van der Waals surface area contributed by atoms with Gasteiger partial charge in [-0.3, -0.25) is 9.69 Å². The fraction of sp³-hybridized carbons (Fsp3) is 0.364. The molecule has 0 unspecified atom stereocenters. The summed E-state index contributed by atoms with van der Waals surface area (Å²) in [4.78, 5) is 13.6. The number of nitrogens with zero attached hydrogens (tertiary/aromatic N) is 4. The van der Waals surface area contributed by atoms with E-state index in [9.17, 15) is 9.90 Å². The fourth-order valence-corrected chi connectivity index (χ4v) is 3.90. The minimum absolute atomic E-state index is 0.212. The number of hydrogen-bond acceptors (Lipinski definition) is 3. The summed E-state index contributed by atoms with van der Waals surface area (Å²) in [6.45, 7) is 6.51. The van der Waals surface area contributed by atoms with Gasteiger partial charge in [0, 0.05) is 24.5 Å². The number of hydrogen-bond donors (Lipinski definition) is 1. The molecular formula is C22H26N4O2. The zero-order chi connectivity index (χ0) is 19.7. The highest BCUT2D eigenvalue weighted by atomic mass is 16.4. The van der Waals surface area contributed by atoms with E-state index in [-0.39, 0.29) is 5.92 Å². The van der Waals surface area contributed by atoms with Crippen molar-refractivity contribution in [3.05, 3.63) is 65.6 Å². The van der Waals surface area contributed by atoms with Crippen LogP contribution in [-0.4, -0.2) is 43.4 Å². The Bertz CT molecular complexity index is 949. The van der Waals surface area contributed by atoms with Crippen molar-refractivity contribution in [2.24, 2.45) is 5.92 Å². The number of aliphatic carboxylic acids is 1. The molecule has 0 amide bonds. The predicted octanol–water partition coefficient (Wildman–Crippen LogP) is 3.58. The van der Waals surface area contributed by atoms with E-state index >= 15 is 0 Å². The van der Waals surface area contributed by atoms with Crippen LogP contribution in [0.5, 0.6) is 0 Å². The van der Waals surface area contributed by atoms with Crippen molar-refractivity contribution >= 4 is 5.97 Å². The van der Waals surface area contributed by atoms with Crippen molar-refractivity contribution in [3.8, 4) is 11.5 Å². The highest BCUT2D eigenvalue weighted by Gasteiger charge is 2.26. The van der Waals surface area contributed by atoms with Gasteiger partial charge in [0.25, 0.3) is 0 Å². The predicted molar refractivity (Wildman–Crippen MR) is 108 cm³/mol. The third kappa shape index (κ3) is 3.60. The second-order valence-electron chi connectivity index (χ2n) is 7.61. The van der Waals surface area contributed by atoms with Gasteiger partial charge in [-0.2, -0.15) is 5.10 Å². The van der Waals surface area contributed by atoms with E-state index in [4.69, 9.17) is 5.10 Å². The number of likely N-dealkylation sites (tertiary alicyclic amines) is 1. The third-order valence-electron chi connectivity index (χ3n) is 5.60. The zero-order valence-electron chi connectivity index (χ0n) is 16.4. The lowest BCUT2D eigenvalue weighted by atomic mass is 9.97. The molecule has 3 heterocycles. The zero-order valence-corrected chi connectivity index (χ0v) is 16.4. The molecule has 146 valence electrons. The maximum atomic E-state index is 11.2. The van der Waals surface area contributed by atoms with E-state index in [0.717, 1.165) is 36.8 Å². The second kappa shape index (κ2) is 7.64. The Hall–Kier alpha value is -2.86. The van der Waals surface area contributed by atoms with Crippen LogP contribution in [0, 0.1) is 19.8 Å². The van der Waals surface area contributed by atoms with Crippen LogP contribution in [0.25, 0.3) is 11.5 Å². The van der Waals surface area contributed by atoms with Crippen LogP contribution in [-0.2, 0) is 11.3 Å². The molecular weight excluding hydrogens is 352 g/mol. The van der Waals surface area contributed by atoms with Gasteiger partial charge in [0.2, 0.25) is 0 Å². The number of rotatable bonds is 5. The molecule has 2 aromatic heterocycles. The van der Waals surface area contributed by atoms with Crippen LogP contribution in [0.4, 0.5) is 0 Å². The van der Waals surface area contributed by atoms with Gasteiger partial charge in [0.15, 0.2) is 0 Å². The summed E-state index contributed by atoms with van der Waals surface area (Å²) in [6.07, 6.45) is 5.50. The smallest absolute Gasteiger partial charge is 0.306 e. The Morgan fingerprint density at radius 2 is 1.75 bits per heavy atom. The van der Waals surface area contributed by atoms with Crippen LogP contribution in [0.15, 0.2) is 48.8 Å². The second-order valence-corrected chi connectivity index (χ2v) is 7.61. The summed E-state index contributed by atoms with van der Waals surface area (Å²) in [6, 6.07) is 12.4. The van der Waals surface area contributed by atoms with E-state index in [1.54, 1.807) is 0 Å². The lowest BCUT2D eigenvalue weighted by Crippen LogP contribution is -2.36. The van der Waals surface area contributed by atoms with Gasteiger partial charge >= 0.3 is 5.97 Å². The monoisotopic (exact) mass is 378 g/mol. The largest absolute Gasteiger partial charge is 0.481 e. The van der Waals surface area contributed by atoms with Crippen molar-refractivity contribution in [2.45, 2.75) is 33.2 Å². The van der Waals surface area contributed by atoms with Crippen molar-refractivity contribution in [2.75, 3.05) is 13.1 Å². The first-order valence-corrected chi connectivity index (χ1v) is 9.77. The highest BCUT2D eigenvalue weighted by Crippen LogP contribution is 2.26. The molecule has 0 spiro atoms. The Balaban J connectivity index is 1.68. The number of benzene rings is 1. The van der Waals surface area contributed by atoms with Crippen molar-refractivity contribution in [3.63, 3.8) is 0 Å². The molecule has 0 atom stereocenters. The Kier molecular flexibility index (Phi) is 5.05. The molecule has 0 radical (unpaired) electrons. The SMILES string of the molecule is Cc1ccc(-n2nc(C)c(CN3CCC(C(=O)O)CC3)c2-n2cccc2)cc1. The van der Waals surface area contributed by atoms with Crippen LogP contribution in [0.2, 0.25) is 0 Å². The summed E-state index contributed by atoms with van der Waals surface area (Å²) >= 11 is 0. The normalized spacial score (nSPS) is 15.8. The molecule has 0 bridgehead atoms. The third-order valence-corrected chi connectivity index (χ3v) is 5.60. The lowest BCUT2D eigenvalue weighted by molar-refractivity contribution is -0.143. The molecule has 0 aliphatic carbocycles. The first-order chi connectivity index (χ1) is 13.5. The Morgan fingerprint density at radius 3 is 2.36 bits per heavy atom. The maximum absolute atomic E-state index is 11.2. The molecule has 6 nitrogen and oxygen atoms in total. The van der Waals surface area contributed by atoms with E-state index in [1.807, 2.05) is 29.2 Å². The standard InChI is InChI=1S/C22H26N4O2/c1-16-5-7-19(8-6-16)26-21(25-11-3-4-12-25)20(17(2)23-26)15-24-13-9-18(10-14-24)22(27)28/h3-8,11-12,18H,9-10,13-15H2,1-2H3,(H,27,28). The van der Waals surface area contributed by atoms with E-state index in [0.29, 0.717) is 12.8 Å². The van der Waals surface area contributed by atoms with Gasteiger partial charge in [-0.1, -0.05) is 17.7 Å². The summed E-state index contributed by atoms with van der Waals surface area (Å²) in [5.41, 5.74) is 4.44. The molecule has 1 aliphatic rings. The molecule has 1 saturated heterocycles. The van der Waals surface area contributed by atoms with Gasteiger partial charge in [-0.25, -0.2) is 4.68 Å². The molecule has 4 rings (SSSR count). The van der Waals surface area contributed by atoms with Gasteiger partial charge in [-0.05, 0) is 64.0 Å². The van der Waals surface area contributed by atoms with E-state index < -0.39 is 5.97 Å². The van der Waals surface area contributed by atoms with Crippen LogP contribution < -0.4 is 0 Å². The summed E-state index contributed by atoms with van der Waals surface area (Å²) in [5.74, 6) is 0.166. The quantitative estimate of drug-likeness (QED) is 0.737. The average Bonchev–Trinajstić information content (AvgIpc) is 3.31. The number of aryl methyl sites for hydroxylation is 2. The molecule has 1 aliphatic heterocycles. The van der Waals surface area contributed by atoms with Gasteiger partial charge < -0.3 is 9.67 Å². The topological polar surface area (TPSA) is 63.3 Å². The van der Waals surface area contributed by atoms with Crippen LogP contribution in [0.1, 0.15) is 29.7 Å². The number of carbonyl (C=O) groups is 1. The summed E-state index contributed by atoms with van der Waals surface area (Å²) in [7, 11) is 0. The number of carboxylic acid groups (broad SMARTS) is 1. The molecule has 1 aromatic carbocycles. The minimum Gasteiger partial charge on any atom is -0.481 e. The van der Waals surface area contributed by atoms with Crippen molar-refractivity contribution < 1.29 is 9.90 Å². The molecule has 28 heavy (non-hydrogen) atoms. The Morgan fingerprint density at radius 1 is 1.11 bits per heavy atom. The van der Waals surface area contributed by atoms with Gasteiger partial charge in [-0.15, -0.1) is 0 Å². The number of carboxylic acids is 1. The number of piperidine rings is 1. The first-order valence-electron chi connectivity index (χ1n) is 9.77. The molecule has 1 fully saturated rings. The van der Waals surface area contributed by atoms with Gasteiger partial charge in [0.05, 0.1) is 17.3 Å². The summed E-state index contributed by atoms with van der Waals surface area (Å²) in [5, 5.41) is 14.1. The van der Waals surface area contributed by atoms with E-state index in [2.05, 4.69) is 47.6 Å². The molecule has 0 saturated carbocycles.